The number of aromatic nitrogens is 1. The lowest BCUT2D eigenvalue weighted by molar-refractivity contribution is -0.140. The second-order valence-electron chi connectivity index (χ2n) is 5.41. The maximum Gasteiger partial charge on any atom is 0.434 e. The van der Waals surface area contributed by atoms with E-state index in [1.54, 1.807) is 7.05 Å². The van der Waals surface area contributed by atoms with Gasteiger partial charge in [0, 0.05) is 19.0 Å². The fourth-order valence-corrected chi connectivity index (χ4v) is 3.06. The van der Waals surface area contributed by atoms with Gasteiger partial charge >= 0.3 is 6.18 Å². The third kappa shape index (κ3) is 5.86. The van der Waals surface area contributed by atoms with Crippen molar-refractivity contribution in [2.45, 2.75) is 19.1 Å². The zero-order chi connectivity index (χ0) is 18.6. The van der Waals surface area contributed by atoms with Crippen LogP contribution in [0.5, 0.6) is 11.5 Å². The minimum absolute atomic E-state index is 0. The van der Waals surface area contributed by atoms with Crippen LogP contribution < -0.4 is 20.1 Å². The molecular weight excluding hydrogens is 496 g/mol. The molecule has 1 aliphatic rings. The Bertz CT molecular complexity index is 798. The molecule has 0 unspecified atom stereocenters. The minimum Gasteiger partial charge on any atom is -0.454 e. The number of guanidine groups is 1. The third-order valence-electron chi connectivity index (χ3n) is 3.62. The number of nitrogens with one attached hydrogen (secondary N) is 2. The number of rotatable bonds is 5. The highest BCUT2D eigenvalue weighted by molar-refractivity contribution is 14.0. The first-order chi connectivity index (χ1) is 12.5. The summed E-state index contributed by atoms with van der Waals surface area (Å²) < 4.78 is 48.2. The van der Waals surface area contributed by atoms with Gasteiger partial charge in [0.05, 0.1) is 6.54 Å². The van der Waals surface area contributed by atoms with E-state index in [-0.39, 0.29) is 37.3 Å². The highest BCUT2D eigenvalue weighted by atomic mass is 127. The van der Waals surface area contributed by atoms with E-state index < -0.39 is 11.9 Å². The second-order valence-corrected chi connectivity index (χ2v) is 6.36. The Labute approximate surface area is 175 Å². The molecule has 2 N–H and O–H groups in total. The monoisotopic (exact) mass is 514 g/mol. The molecule has 0 aliphatic carbocycles. The van der Waals surface area contributed by atoms with Crippen LogP contribution in [-0.2, 0) is 19.1 Å². The van der Waals surface area contributed by atoms with Crippen LogP contribution in [0, 0.1) is 0 Å². The van der Waals surface area contributed by atoms with Gasteiger partial charge in [-0.3, -0.25) is 4.99 Å². The smallest absolute Gasteiger partial charge is 0.434 e. The van der Waals surface area contributed by atoms with E-state index >= 15 is 0 Å². The van der Waals surface area contributed by atoms with Gasteiger partial charge < -0.3 is 20.1 Å². The summed E-state index contributed by atoms with van der Waals surface area (Å²) >= 11 is 0.959. The molecule has 11 heteroatoms. The minimum atomic E-state index is -4.42. The number of halogens is 4. The van der Waals surface area contributed by atoms with Crippen LogP contribution in [-0.4, -0.2) is 31.3 Å². The molecule has 3 rings (SSSR count). The molecule has 1 aromatic heterocycles. The zero-order valence-corrected chi connectivity index (χ0v) is 17.4. The molecule has 6 nitrogen and oxygen atoms in total. The number of alkyl halides is 3. The van der Waals surface area contributed by atoms with E-state index in [0.717, 1.165) is 40.2 Å². The highest BCUT2D eigenvalue weighted by Crippen LogP contribution is 2.32. The van der Waals surface area contributed by atoms with Crippen molar-refractivity contribution in [3.8, 4) is 11.5 Å². The molecule has 0 fully saturated rings. The first kappa shape index (κ1) is 21.5. The number of hydrogen-bond acceptors (Lipinski definition) is 5. The Balaban J connectivity index is 0.00000261. The van der Waals surface area contributed by atoms with Crippen LogP contribution in [0.4, 0.5) is 13.2 Å². The average molecular weight is 514 g/mol. The molecule has 2 aromatic rings. The first-order valence-electron chi connectivity index (χ1n) is 7.80. The van der Waals surface area contributed by atoms with E-state index in [1.807, 2.05) is 18.2 Å². The van der Waals surface area contributed by atoms with Crippen molar-refractivity contribution in [1.82, 2.24) is 15.6 Å². The van der Waals surface area contributed by atoms with E-state index in [0.29, 0.717) is 17.5 Å². The molecule has 2 heterocycles. The molecule has 0 spiro atoms. The Kier molecular flexibility index (Phi) is 7.53. The Morgan fingerprint density at radius 1 is 1.26 bits per heavy atom. The third-order valence-corrected chi connectivity index (χ3v) is 4.46. The Morgan fingerprint density at radius 3 is 2.74 bits per heavy atom. The predicted molar refractivity (Wildman–Crippen MR) is 107 cm³/mol. The zero-order valence-electron chi connectivity index (χ0n) is 14.3. The molecule has 148 valence electrons. The summed E-state index contributed by atoms with van der Waals surface area (Å²) in [5.41, 5.74) is 0.206. The average Bonchev–Trinajstić information content (AvgIpc) is 3.26. The summed E-state index contributed by atoms with van der Waals surface area (Å²) in [5, 5.41) is 7.42. The standard InChI is InChI=1S/C16H17F3N4O2S.HI/c1-20-15(22-7-14-23-13(8-26-14)16(17,18)19)21-5-4-10-2-3-11-12(6-10)25-9-24-11;/h2-3,6,8H,4-5,7,9H2,1H3,(H2,20,21,22);1H. The normalized spacial score (nSPS) is 13.3. The lowest BCUT2D eigenvalue weighted by atomic mass is 10.1. The number of nitrogens with zero attached hydrogens (tertiary/aromatic N) is 2. The van der Waals surface area contributed by atoms with Crippen molar-refractivity contribution in [1.29, 1.82) is 0 Å². The maximum absolute atomic E-state index is 12.5. The quantitative estimate of drug-likeness (QED) is 0.364. The van der Waals surface area contributed by atoms with Crippen molar-refractivity contribution < 1.29 is 22.6 Å². The van der Waals surface area contributed by atoms with Gasteiger partial charge in [0.25, 0.3) is 0 Å². The fourth-order valence-electron chi connectivity index (χ4n) is 2.32. The van der Waals surface area contributed by atoms with Crippen LogP contribution >= 0.6 is 35.3 Å². The molecule has 0 saturated carbocycles. The number of fused-ring (bicyclic) bond motifs is 1. The van der Waals surface area contributed by atoms with Gasteiger partial charge in [0.2, 0.25) is 6.79 Å². The summed E-state index contributed by atoms with van der Waals surface area (Å²) in [6, 6.07) is 5.75. The maximum atomic E-state index is 12.5. The molecule has 1 aromatic carbocycles. The van der Waals surface area contributed by atoms with Crippen LogP contribution in [0.2, 0.25) is 0 Å². The van der Waals surface area contributed by atoms with Gasteiger partial charge in [-0.1, -0.05) is 6.07 Å². The molecule has 0 saturated heterocycles. The number of ether oxygens (including phenoxy) is 2. The van der Waals surface area contributed by atoms with Gasteiger partial charge in [-0.2, -0.15) is 13.2 Å². The van der Waals surface area contributed by atoms with Gasteiger partial charge in [-0.05, 0) is 24.1 Å². The SMILES string of the molecule is CN=C(NCCc1ccc2c(c1)OCO2)NCc1nc(C(F)(F)F)cs1.I. The van der Waals surface area contributed by atoms with Crippen molar-refractivity contribution in [3.63, 3.8) is 0 Å². The van der Waals surface area contributed by atoms with Gasteiger partial charge in [-0.25, -0.2) is 4.98 Å². The topological polar surface area (TPSA) is 67.8 Å². The van der Waals surface area contributed by atoms with Gasteiger partial charge in [0.15, 0.2) is 23.2 Å². The van der Waals surface area contributed by atoms with E-state index in [9.17, 15) is 13.2 Å². The number of thiazole rings is 1. The summed E-state index contributed by atoms with van der Waals surface area (Å²) in [5.74, 6) is 1.96. The van der Waals surface area contributed by atoms with Crippen LogP contribution in [0.1, 0.15) is 16.3 Å². The molecular formula is C16H18F3IN4O2S. The summed E-state index contributed by atoms with van der Waals surface area (Å²) in [6.07, 6.45) is -3.69. The molecule has 27 heavy (non-hydrogen) atoms. The van der Waals surface area contributed by atoms with Crippen molar-refractivity contribution in [2.24, 2.45) is 4.99 Å². The van der Waals surface area contributed by atoms with Gasteiger partial charge in [0.1, 0.15) is 5.01 Å². The van der Waals surface area contributed by atoms with E-state index in [4.69, 9.17) is 9.47 Å². The molecule has 0 amide bonds. The summed E-state index contributed by atoms with van der Waals surface area (Å²) in [6.45, 7) is 1.01. The van der Waals surface area contributed by atoms with Crippen molar-refractivity contribution in [3.05, 3.63) is 39.8 Å². The molecule has 1 aliphatic heterocycles. The predicted octanol–water partition coefficient (Wildman–Crippen LogP) is 3.42. The lowest BCUT2D eigenvalue weighted by Gasteiger charge is -2.11. The largest absolute Gasteiger partial charge is 0.454 e. The fraction of sp³-hybridized carbons (Fsp3) is 0.375. The van der Waals surface area contributed by atoms with Crippen LogP contribution in [0.15, 0.2) is 28.6 Å². The lowest BCUT2D eigenvalue weighted by Crippen LogP contribution is -2.37. The second kappa shape index (κ2) is 9.44. The number of benzene rings is 1. The van der Waals surface area contributed by atoms with Crippen LogP contribution in [0.3, 0.4) is 0 Å². The van der Waals surface area contributed by atoms with E-state index in [1.165, 1.54) is 0 Å². The van der Waals surface area contributed by atoms with Crippen molar-refractivity contribution >= 4 is 41.3 Å². The van der Waals surface area contributed by atoms with Crippen LogP contribution in [0.25, 0.3) is 0 Å². The highest BCUT2D eigenvalue weighted by Gasteiger charge is 2.33. The molecule has 0 atom stereocenters. The first-order valence-corrected chi connectivity index (χ1v) is 8.68. The Hall–Kier alpha value is -1.76. The van der Waals surface area contributed by atoms with Gasteiger partial charge in [-0.15, -0.1) is 35.3 Å². The number of aliphatic imine (C=N–C) groups is 1. The van der Waals surface area contributed by atoms with Crippen molar-refractivity contribution in [2.75, 3.05) is 20.4 Å². The summed E-state index contributed by atoms with van der Waals surface area (Å²) in [4.78, 5) is 7.62. The Morgan fingerprint density at radius 2 is 2.04 bits per heavy atom. The summed E-state index contributed by atoms with van der Waals surface area (Å²) in [7, 11) is 1.60. The number of hydrogen-bond donors (Lipinski definition) is 2. The molecule has 0 bridgehead atoms. The van der Waals surface area contributed by atoms with E-state index in [2.05, 4.69) is 20.6 Å². The molecule has 0 radical (unpaired) electrons.